The van der Waals surface area contributed by atoms with E-state index < -0.39 is 5.60 Å². The maximum atomic E-state index is 12.2. The summed E-state index contributed by atoms with van der Waals surface area (Å²) in [5, 5.41) is 14.0. The second-order valence-electron chi connectivity index (χ2n) is 6.38. The van der Waals surface area contributed by atoms with E-state index in [9.17, 15) is 14.7 Å². The fourth-order valence-corrected chi connectivity index (χ4v) is 3.75. The third-order valence-electron chi connectivity index (χ3n) is 4.30. The standard InChI is InChI=1S/C16H17N3O3S/c20-13(12-6-11-2-1-5-17-14(11)23-12)18-7-16(22)8-19(9-16)15(21)10-3-4-10/h1-2,5-6,10,22H,3-4,7-9H2,(H,18,20). The van der Waals surface area contributed by atoms with Crippen molar-refractivity contribution in [2.24, 2.45) is 5.92 Å². The van der Waals surface area contributed by atoms with Crippen molar-refractivity contribution in [3.63, 3.8) is 0 Å². The average molecular weight is 331 g/mol. The summed E-state index contributed by atoms with van der Waals surface area (Å²) in [5.74, 6) is 0.0881. The minimum Gasteiger partial charge on any atom is -0.384 e. The normalized spacial score (nSPS) is 19.4. The highest BCUT2D eigenvalue weighted by atomic mass is 32.1. The van der Waals surface area contributed by atoms with Crippen LogP contribution in [0.3, 0.4) is 0 Å². The van der Waals surface area contributed by atoms with Crippen LogP contribution in [0.4, 0.5) is 0 Å². The van der Waals surface area contributed by atoms with Crippen LogP contribution in [-0.4, -0.2) is 52.0 Å². The first-order valence-corrected chi connectivity index (χ1v) is 8.50. The number of amides is 2. The third kappa shape index (κ3) is 2.82. The van der Waals surface area contributed by atoms with Gasteiger partial charge in [-0.2, -0.15) is 0 Å². The van der Waals surface area contributed by atoms with Crippen LogP contribution < -0.4 is 5.32 Å². The molecule has 4 rings (SSSR count). The number of pyridine rings is 1. The maximum Gasteiger partial charge on any atom is 0.261 e. The molecule has 0 unspecified atom stereocenters. The molecule has 2 aromatic rings. The summed E-state index contributed by atoms with van der Waals surface area (Å²) in [7, 11) is 0. The Hall–Kier alpha value is -1.99. The van der Waals surface area contributed by atoms with E-state index in [1.165, 1.54) is 11.3 Å². The van der Waals surface area contributed by atoms with Gasteiger partial charge in [0.05, 0.1) is 24.5 Å². The Bertz CT molecular complexity index is 745. The minimum atomic E-state index is -1.00. The van der Waals surface area contributed by atoms with E-state index in [0.29, 0.717) is 18.0 Å². The summed E-state index contributed by atoms with van der Waals surface area (Å²) in [4.78, 5) is 31.4. The monoisotopic (exact) mass is 331 g/mol. The summed E-state index contributed by atoms with van der Waals surface area (Å²) < 4.78 is 0. The molecule has 3 heterocycles. The Kier molecular flexibility index (Phi) is 3.35. The Balaban J connectivity index is 1.33. The number of nitrogens with zero attached hydrogens (tertiary/aromatic N) is 2. The van der Waals surface area contributed by atoms with Crippen LogP contribution >= 0.6 is 11.3 Å². The lowest BCUT2D eigenvalue weighted by Gasteiger charge is -2.46. The highest BCUT2D eigenvalue weighted by Crippen LogP contribution is 2.34. The van der Waals surface area contributed by atoms with Crippen LogP contribution in [0.15, 0.2) is 24.4 Å². The van der Waals surface area contributed by atoms with Crippen molar-refractivity contribution in [1.82, 2.24) is 15.2 Å². The molecule has 0 spiro atoms. The molecule has 1 aliphatic carbocycles. The molecule has 2 fully saturated rings. The number of fused-ring (bicyclic) bond motifs is 1. The van der Waals surface area contributed by atoms with Gasteiger partial charge in [-0.1, -0.05) is 6.07 Å². The highest BCUT2D eigenvalue weighted by molar-refractivity contribution is 7.20. The van der Waals surface area contributed by atoms with Crippen molar-refractivity contribution >= 4 is 33.4 Å². The van der Waals surface area contributed by atoms with Crippen molar-refractivity contribution in [1.29, 1.82) is 0 Å². The summed E-state index contributed by atoms with van der Waals surface area (Å²) in [6, 6.07) is 5.55. The number of carbonyl (C=O) groups excluding carboxylic acids is 2. The van der Waals surface area contributed by atoms with Gasteiger partial charge in [0.2, 0.25) is 5.91 Å². The number of likely N-dealkylation sites (tertiary alicyclic amines) is 1. The van der Waals surface area contributed by atoms with Gasteiger partial charge in [0.15, 0.2) is 0 Å². The van der Waals surface area contributed by atoms with Gasteiger partial charge in [-0.3, -0.25) is 9.59 Å². The SMILES string of the molecule is O=C(NCC1(O)CN(C(=O)C2CC2)C1)c1cc2cccnc2s1. The molecule has 120 valence electrons. The topological polar surface area (TPSA) is 82.5 Å². The number of thiophene rings is 1. The summed E-state index contributed by atoms with van der Waals surface area (Å²) in [6.45, 7) is 0.759. The number of nitrogens with one attached hydrogen (secondary N) is 1. The van der Waals surface area contributed by atoms with E-state index in [2.05, 4.69) is 10.3 Å². The Morgan fingerprint density at radius 3 is 2.91 bits per heavy atom. The van der Waals surface area contributed by atoms with Crippen molar-refractivity contribution in [3.05, 3.63) is 29.3 Å². The Morgan fingerprint density at radius 1 is 1.43 bits per heavy atom. The van der Waals surface area contributed by atoms with E-state index in [1.54, 1.807) is 17.2 Å². The minimum absolute atomic E-state index is 0.136. The number of β-amino-alcohol motifs (C(OH)–C–C–N with tert-alkyl or cyclic N) is 1. The lowest BCUT2D eigenvalue weighted by molar-refractivity contribution is -0.155. The van der Waals surface area contributed by atoms with E-state index in [1.807, 2.05) is 12.1 Å². The van der Waals surface area contributed by atoms with Crippen LogP contribution in [-0.2, 0) is 4.79 Å². The van der Waals surface area contributed by atoms with Gasteiger partial charge in [0.1, 0.15) is 10.4 Å². The fourth-order valence-electron chi connectivity index (χ4n) is 2.84. The smallest absolute Gasteiger partial charge is 0.261 e. The van der Waals surface area contributed by atoms with Crippen LogP contribution in [0.25, 0.3) is 10.2 Å². The van der Waals surface area contributed by atoms with Gasteiger partial charge in [-0.15, -0.1) is 11.3 Å². The molecule has 2 aromatic heterocycles. The van der Waals surface area contributed by atoms with E-state index >= 15 is 0 Å². The molecule has 1 saturated carbocycles. The number of hydrogen-bond acceptors (Lipinski definition) is 5. The molecule has 23 heavy (non-hydrogen) atoms. The molecule has 2 N–H and O–H groups in total. The first-order valence-electron chi connectivity index (χ1n) is 7.68. The van der Waals surface area contributed by atoms with Gasteiger partial charge in [0.25, 0.3) is 5.91 Å². The van der Waals surface area contributed by atoms with E-state index in [-0.39, 0.29) is 24.3 Å². The zero-order valence-electron chi connectivity index (χ0n) is 12.5. The number of aliphatic hydroxyl groups is 1. The average Bonchev–Trinajstić information content (AvgIpc) is 3.27. The van der Waals surface area contributed by atoms with Crippen LogP contribution in [0.2, 0.25) is 0 Å². The largest absolute Gasteiger partial charge is 0.384 e. The summed E-state index contributed by atoms with van der Waals surface area (Å²) in [5.41, 5.74) is -1.00. The highest BCUT2D eigenvalue weighted by Gasteiger charge is 2.47. The fraction of sp³-hybridized carbons (Fsp3) is 0.438. The Labute approximate surface area is 137 Å². The maximum absolute atomic E-state index is 12.2. The van der Waals surface area contributed by atoms with Gasteiger partial charge < -0.3 is 15.3 Å². The molecule has 2 amide bonds. The second-order valence-corrected chi connectivity index (χ2v) is 7.41. The molecule has 0 radical (unpaired) electrons. The number of aromatic nitrogens is 1. The van der Waals surface area contributed by atoms with Crippen LogP contribution in [0, 0.1) is 5.92 Å². The molecule has 0 aromatic carbocycles. The predicted molar refractivity (Wildman–Crippen MR) is 86.2 cm³/mol. The van der Waals surface area contributed by atoms with Gasteiger partial charge in [0, 0.05) is 17.5 Å². The van der Waals surface area contributed by atoms with Crippen molar-refractivity contribution in [2.45, 2.75) is 18.4 Å². The van der Waals surface area contributed by atoms with Crippen LogP contribution in [0.5, 0.6) is 0 Å². The Morgan fingerprint density at radius 2 is 2.22 bits per heavy atom. The molecule has 1 aliphatic heterocycles. The number of carbonyl (C=O) groups is 2. The predicted octanol–water partition coefficient (Wildman–Crippen LogP) is 1.01. The molecule has 1 saturated heterocycles. The lowest BCUT2D eigenvalue weighted by Crippen LogP contribution is -2.67. The van der Waals surface area contributed by atoms with Crippen molar-refractivity contribution in [2.75, 3.05) is 19.6 Å². The van der Waals surface area contributed by atoms with Crippen molar-refractivity contribution in [3.8, 4) is 0 Å². The van der Waals surface area contributed by atoms with Gasteiger partial charge in [-0.05, 0) is 25.0 Å². The summed E-state index contributed by atoms with van der Waals surface area (Å²) in [6.07, 6.45) is 3.62. The molecule has 6 nitrogen and oxygen atoms in total. The van der Waals surface area contributed by atoms with Crippen molar-refractivity contribution < 1.29 is 14.7 Å². The first kappa shape index (κ1) is 14.6. The van der Waals surface area contributed by atoms with E-state index in [4.69, 9.17) is 0 Å². The van der Waals surface area contributed by atoms with Gasteiger partial charge >= 0.3 is 0 Å². The molecular formula is C16H17N3O3S. The molecule has 0 bridgehead atoms. The van der Waals surface area contributed by atoms with Crippen LogP contribution in [0.1, 0.15) is 22.5 Å². The third-order valence-corrected chi connectivity index (χ3v) is 5.36. The summed E-state index contributed by atoms with van der Waals surface area (Å²) >= 11 is 1.33. The van der Waals surface area contributed by atoms with Gasteiger partial charge in [-0.25, -0.2) is 4.98 Å². The molecular weight excluding hydrogens is 314 g/mol. The molecule has 2 aliphatic rings. The number of rotatable bonds is 4. The zero-order valence-corrected chi connectivity index (χ0v) is 13.3. The first-order chi connectivity index (χ1) is 11.0. The molecule has 0 atom stereocenters. The van der Waals surface area contributed by atoms with E-state index in [0.717, 1.165) is 23.1 Å². The number of hydrogen-bond donors (Lipinski definition) is 2. The quantitative estimate of drug-likeness (QED) is 0.876. The lowest BCUT2D eigenvalue weighted by atomic mass is 9.93. The second kappa shape index (κ2) is 5.28. The molecule has 7 heteroatoms. The zero-order chi connectivity index (χ0) is 16.0.